The predicted molar refractivity (Wildman–Crippen MR) is 76.8 cm³/mol. The zero-order valence-corrected chi connectivity index (χ0v) is 12.1. The molecule has 0 heterocycles. The van der Waals surface area contributed by atoms with Gasteiger partial charge in [-0.2, -0.15) is 0 Å². The summed E-state index contributed by atoms with van der Waals surface area (Å²) in [6.45, 7) is 7.53. The molecule has 2 atom stereocenters. The third-order valence-corrected chi connectivity index (χ3v) is 2.78. The minimum Gasteiger partial charge on any atom is -0.444 e. The summed E-state index contributed by atoms with van der Waals surface area (Å²) in [5.41, 5.74) is 6.67. The quantitative estimate of drug-likeness (QED) is 0.822. The molecule has 0 bridgehead atoms. The van der Waals surface area contributed by atoms with Gasteiger partial charge in [-0.05, 0) is 32.8 Å². The molecule has 1 rings (SSSR count). The van der Waals surface area contributed by atoms with Gasteiger partial charge in [0.15, 0.2) is 0 Å². The predicted octanol–water partition coefficient (Wildman–Crippen LogP) is 2.99. The lowest BCUT2D eigenvalue weighted by molar-refractivity contribution is 0.0497. The van der Waals surface area contributed by atoms with Crippen LogP contribution >= 0.6 is 0 Å². The summed E-state index contributed by atoms with van der Waals surface area (Å²) in [5.74, 6) is 0.0775. The molecule has 1 aromatic rings. The second kappa shape index (κ2) is 6.57. The lowest BCUT2D eigenvalue weighted by Gasteiger charge is -2.26. The van der Waals surface area contributed by atoms with Crippen LogP contribution in [0.4, 0.5) is 4.79 Å². The molecule has 0 saturated carbocycles. The van der Waals surface area contributed by atoms with Crippen molar-refractivity contribution in [1.29, 1.82) is 0 Å². The zero-order valence-electron chi connectivity index (χ0n) is 12.1. The number of nitrogens with one attached hydrogen (secondary N) is 1. The number of alkyl carbamates (subject to hydrolysis) is 1. The Morgan fingerprint density at radius 2 is 1.89 bits per heavy atom. The summed E-state index contributed by atoms with van der Waals surface area (Å²) < 4.78 is 5.21. The number of carbonyl (C=O) groups excluding carboxylic acids is 1. The van der Waals surface area contributed by atoms with Gasteiger partial charge in [-0.1, -0.05) is 37.3 Å². The van der Waals surface area contributed by atoms with Crippen molar-refractivity contribution < 1.29 is 9.53 Å². The van der Waals surface area contributed by atoms with E-state index in [-0.39, 0.29) is 5.92 Å². The number of benzene rings is 1. The van der Waals surface area contributed by atoms with Crippen LogP contribution in [0.15, 0.2) is 30.3 Å². The maximum Gasteiger partial charge on any atom is 0.408 e. The first-order valence-electron chi connectivity index (χ1n) is 6.63. The number of amides is 1. The molecule has 1 aromatic carbocycles. The molecule has 0 spiro atoms. The first-order valence-corrected chi connectivity index (χ1v) is 6.63. The highest BCUT2D eigenvalue weighted by atomic mass is 16.6. The third-order valence-electron chi connectivity index (χ3n) is 2.78. The Hall–Kier alpha value is -1.55. The molecule has 0 aliphatic heterocycles. The van der Waals surface area contributed by atoms with E-state index in [1.54, 1.807) is 0 Å². The molecule has 4 heteroatoms. The van der Waals surface area contributed by atoms with Crippen LogP contribution in [-0.4, -0.2) is 17.9 Å². The van der Waals surface area contributed by atoms with Crippen LogP contribution in [0.3, 0.4) is 0 Å². The van der Waals surface area contributed by atoms with Crippen LogP contribution in [0.25, 0.3) is 0 Å². The molecule has 0 aliphatic carbocycles. The summed E-state index contributed by atoms with van der Waals surface area (Å²) in [6.07, 6.45) is -0.0855. The van der Waals surface area contributed by atoms with Gasteiger partial charge in [0.25, 0.3) is 0 Å². The molecule has 19 heavy (non-hydrogen) atoms. The highest BCUT2D eigenvalue weighted by molar-refractivity contribution is 5.68. The molecule has 106 valence electrons. The van der Waals surface area contributed by atoms with E-state index >= 15 is 0 Å². The summed E-state index contributed by atoms with van der Waals surface area (Å²) in [6, 6.07) is 9.94. The Bertz CT molecular complexity index is 398. The van der Waals surface area contributed by atoms with Crippen LogP contribution in [0.2, 0.25) is 0 Å². The van der Waals surface area contributed by atoms with Crippen molar-refractivity contribution in [3.8, 4) is 0 Å². The van der Waals surface area contributed by atoms with E-state index in [9.17, 15) is 4.79 Å². The van der Waals surface area contributed by atoms with Crippen molar-refractivity contribution in [3.05, 3.63) is 35.9 Å². The Labute approximate surface area is 115 Å². The molecule has 1 amide bonds. The van der Waals surface area contributed by atoms with Gasteiger partial charge in [0, 0.05) is 5.92 Å². The molecule has 3 N–H and O–H groups in total. The van der Waals surface area contributed by atoms with Crippen molar-refractivity contribution >= 4 is 6.09 Å². The summed E-state index contributed by atoms with van der Waals surface area (Å²) in [4.78, 5) is 11.7. The van der Waals surface area contributed by atoms with Gasteiger partial charge in [-0.15, -0.1) is 0 Å². The fraction of sp³-hybridized carbons (Fsp3) is 0.533. The summed E-state index contributed by atoms with van der Waals surface area (Å²) >= 11 is 0. The van der Waals surface area contributed by atoms with Crippen molar-refractivity contribution in [2.75, 3.05) is 0 Å². The van der Waals surface area contributed by atoms with E-state index < -0.39 is 17.9 Å². The van der Waals surface area contributed by atoms with Gasteiger partial charge in [0.05, 0.1) is 6.17 Å². The van der Waals surface area contributed by atoms with E-state index in [0.29, 0.717) is 0 Å². The number of rotatable bonds is 4. The fourth-order valence-electron chi connectivity index (χ4n) is 1.94. The minimum atomic E-state index is -0.516. The van der Waals surface area contributed by atoms with Gasteiger partial charge in [0.1, 0.15) is 5.60 Å². The van der Waals surface area contributed by atoms with Crippen LogP contribution in [0, 0.1) is 0 Å². The number of ether oxygens (including phenoxy) is 1. The molecule has 0 saturated heterocycles. The Kier molecular flexibility index (Phi) is 5.36. The molecule has 0 fully saturated rings. The average Bonchev–Trinajstić information content (AvgIpc) is 2.28. The highest BCUT2D eigenvalue weighted by Gasteiger charge is 2.23. The lowest BCUT2D eigenvalue weighted by atomic mass is 9.94. The first-order chi connectivity index (χ1) is 8.83. The van der Waals surface area contributed by atoms with Gasteiger partial charge >= 0.3 is 6.09 Å². The standard InChI is InChI=1S/C15H24N2O2/c1-5-12(11-9-7-6-8-10-11)13(16)17-14(18)19-15(2,3)4/h6-10,12-13H,5,16H2,1-4H3,(H,17,18). The molecular formula is C15H24N2O2. The SMILES string of the molecule is CCC(c1ccccc1)C(N)NC(=O)OC(C)(C)C. The van der Waals surface area contributed by atoms with Crippen LogP contribution < -0.4 is 11.1 Å². The Morgan fingerprint density at radius 1 is 1.32 bits per heavy atom. The number of carbonyl (C=O) groups is 1. The van der Waals surface area contributed by atoms with E-state index in [2.05, 4.69) is 5.32 Å². The average molecular weight is 264 g/mol. The molecule has 0 aromatic heterocycles. The first kappa shape index (κ1) is 15.5. The molecule has 0 aliphatic rings. The monoisotopic (exact) mass is 264 g/mol. The zero-order chi connectivity index (χ0) is 14.5. The number of hydrogen-bond acceptors (Lipinski definition) is 3. The van der Waals surface area contributed by atoms with E-state index in [1.807, 2.05) is 58.0 Å². The molecule has 0 radical (unpaired) electrons. The second-order valence-corrected chi connectivity index (χ2v) is 5.60. The van der Waals surface area contributed by atoms with Gasteiger partial charge in [0.2, 0.25) is 0 Å². The lowest BCUT2D eigenvalue weighted by Crippen LogP contribution is -2.47. The smallest absolute Gasteiger partial charge is 0.408 e. The highest BCUT2D eigenvalue weighted by Crippen LogP contribution is 2.21. The third kappa shape index (κ3) is 5.30. The van der Waals surface area contributed by atoms with E-state index in [0.717, 1.165) is 12.0 Å². The second-order valence-electron chi connectivity index (χ2n) is 5.60. The Morgan fingerprint density at radius 3 is 2.37 bits per heavy atom. The molecule has 2 unspecified atom stereocenters. The summed E-state index contributed by atoms with van der Waals surface area (Å²) in [7, 11) is 0. The van der Waals surface area contributed by atoms with Gasteiger partial charge in [-0.25, -0.2) is 4.79 Å². The van der Waals surface area contributed by atoms with Crippen LogP contribution in [-0.2, 0) is 4.74 Å². The molecular weight excluding hydrogens is 240 g/mol. The number of hydrogen-bond donors (Lipinski definition) is 2. The van der Waals surface area contributed by atoms with E-state index in [1.165, 1.54) is 0 Å². The normalized spacial score (nSPS) is 14.6. The van der Waals surface area contributed by atoms with E-state index in [4.69, 9.17) is 10.5 Å². The van der Waals surface area contributed by atoms with Crippen LogP contribution in [0.1, 0.15) is 45.6 Å². The van der Waals surface area contributed by atoms with Crippen molar-refractivity contribution in [2.45, 2.75) is 51.8 Å². The summed E-state index contributed by atoms with van der Waals surface area (Å²) in [5, 5.41) is 2.70. The largest absolute Gasteiger partial charge is 0.444 e. The van der Waals surface area contributed by atoms with Crippen molar-refractivity contribution in [2.24, 2.45) is 5.73 Å². The van der Waals surface area contributed by atoms with Crippen molar-refractivity contribution in [3.63, 3.8) is 0 Å². The fourth-order valence-corrected chi connectivity index (χ4v) is 1.94. The van der Waals surface area contributed by atoms with Crippen LogP contribution in [0.5, 0.6) is 0 Å². The molecule has 4 nitrogen and oxygen atoms in total. The van der Waals surface area contributed by atoms with Crippen molar-refractivity contribution in [1.82, 2.24) is 5.32 Å². The Balaban J connectivity index is 2.65. The minimum absolute atomic E-state index is 0.0775. The maximum absolute atomic E-state index is 11.7. The maximum atomic E-state index is 11.7. The van der Waals surface area contributed by atoms with Gasteiger partial charge in [-0.3, -0.25) is 0 Å². The number of nitrogens with two attached hydrogens (primary N) is 1. The topological polar surface area (TPSA) is 64.3 Å². The van der Waals surface area contributed by atoms with Gasteiger partial charge < -0.3 is 15.8 Å².